The smallest absolute Gasteiger partial charge is 0.264 e. The maximum atomic E-state index is 13.4. The van der Waals surface area contributed by atoms with Crippen molar-refractivity contribution in [1.29, 1.82) is 0 Å². The van der Waals surface area contributed by atoms with Gasteiger partial charge in [-0.05, 0) is 26.0 Å². The molecule has 3 heterocycles. The molecule has 0 atom stereocenters. The Bertz CT molecular complexity index is 1240. The lowest BCUT2D eigenvalue weighted by Gasteiger charge is -2.36. The van der Waals surface area contributed by atoms with Crippen LogP contribution in [0, 0.1) is 0 Å². The van der Waals surface area contributed by atoms with Gasteiger partial charge in [-0.2, -0.15) is 0 Å². The molecule has 1 saturated heterocycles. The van der Waals surface area contributed by atoms with Crippen LogP contribution in [0.15, 0.2) is 65.6 Å². The van der Waals surface area contributed by atoms with Gasteiger partial charge in [-0.25, -0.2) is 4.98 Å². The molecule has 5 rings (SSSR count). The number of hydrogen-bond acceptors (Lipinski definition) is 6. The van der Waals surface area contributed by atoms with E-state index in [1.165, 1.54) is 21.8 Å². The average molecular weight is 473 g/mol. The summed E-state index contributed by atoms with van der Waals surface area (Å²) in [4.78, 5) is 37.3. The fourth-order valence-electron chi connectivity index (χ4n) is 4.57. The zero-order valence-electron chi connectivity index (χ0n) is 19.5. The summed E-state index contributed by atoms with van der Waals surface area (Å²) in [6.45, 7) is 8.93. The number of carbonyl (C=O) groups excluding carboxylic acids is 2. The van der Waals surface area contributed by atoms with Crippen molar-refractivity contribution in [2.75, 3.05) is 37.6 Å². The molecule has 2 aliphatic rings. The number of imide groups is 1. The largest absolute Gasteiger partial charge is 0.368 e. The molecule has 0 saturated carbocycles. The van der Waals surface area contributed by atoms with Crippen molar-refractivity contribution in [3.05, 3.63) is 81.7 Å². The highest BCUT2D eigenvalue weighted by Crippen LogP contribution is 2.34. The van der Waals surface area contributed by atoms with E-state index in [4.69, 9.17) is 0 Å². The van der Waals surface area contributed by atoms with Crippen molar-refractivity contribution in [1.82, 2.24) is 14.8 Å². The van der Waals surface area contributed by atoms with Crippen LogP contribution >= 0.6 is 11.3 Å². The lowest BCUT2D eigenvalue weighted by molar-refractivity contribution is 0.0642. The first-order valence-electron chi connectivity index (χ1n) is 11.6. The van der Waals surface area contributed by atoms with Crippen LogP contribution in [0.25, 0.3) is 11.3 Å². The molecule has 2 amide bonds. The van der Waals surface area contributed by atoms with E-state index in [1.807, 2.05) is 47.8 Å². The normalized spacial score (nSPS) is 16.9. The summed E-state index contributed by atoms with van der Waals surface area (Å²) in [6.07, 6.45) is 2.15. The molecule has 7 heteroatoms. The molecule has 6 nitrogen and oxygen atoms in total. The van der Waals surface area contributed by atoms with Gasteiger partial charge >= 0.3 is 0 Å². The summed E-state index contributed by atoms with van der Waals surface area (Å²) in [5, 5.41) is 2.73. The zero-order chi connectivity index (χ0) is 23.7. The van der Waals surface area contributed by atoms with E-state index in [0.717, 1.165) is 54.7 Å². The average Bonchev–Trinajstić information content (AvgIpc) is 3.44. The number of fused-ring (bicyclic) bond motifs is 1. The standard InChI is InChI=1S/C27H28N4O2S/c1-3-19(2)16-29-12-14-30(15-13-29)23-11-7-10-21-25(23)27(33)31(26(21)32)17-24-28-22(18-34-24)20-8-5-4-6-9-20/h3-11,18H,12-17H2,1-2H3. The van der Waals surface area contributed by atoms with Gasteiger partial charge in [0.15, 0.2) is 0 Å². The number of amides is 2. The lowest BCUT2D eigenvalue weighted by Crippen LogP contribution is -2.47. The number of thiazole rings is 1. The van der Waals surface area contributed by atoms with Gasteiger partial charge in [-0.3, -0.25) is 19.4 Å². The van der Waals surface area contributed by atoms with E-state index >= 15 is 0 Å². The molecule has 174 valence electrons. The molecule has 2 aliphatic heterocycles. The minimum absolute atomic E-state index is 0.194. The molecular formula is C27H28N4O2S. The second kappa shape index (κ2) is 9.52. The second-order valence-corrected chi connectivity index (χ2v) is 9.73. The Balaban J connectivity index is 1.33. The molecule has 0 unspecified atom stereocenters. The maximum Gasteiger partial charge on any atom is 0.264 e. The first-order valence-corrected chi connectivity index (χ1v) is 12.5. The number of carbonyl (C=O) groups is 2. The fraction of sp³-hybridized carbons (Fsp3) is 0.296. The monoisotopic (exact) mass is 472 g/mol. The predicted octanol–water partition coefficient (Wildman–Crippen LogP) is 4.69. The molecule has 0 N–H and O–H groups in total. The first-order chi connectivity index (χ1) is 16.5. The minimum atomic E-state index is -0.236. The summed E-state index contributed by atoms with van der Waals surface area (Å²) in [5.41, 5.74) is 5.15. The van der Waals surface area contributed by atoms with Crippen LogP contribution in [0.5, 0.6) is 0 Å². The number of hydrogen-bond donors (Lipinski definition) is 0. The van der Waals surface area contributed by atoms with Gasteiger partial charge in [-0.1, -0.05) is 48.0 Å². The third-order valence-electron chi connectivity index (χ3n) is 6.57. The van der Waals surface area contributed by atoms with Gasteiger partial charge in [0.05, 0.1) is 29.1 Å². The third-order valence-corrected chi connectivity index (χ3v) is 7.40. The first kappa shape index (κ1) is 22.5. The van der Waals surface area contributed by atoms with Crippen molar-refractivity contribution < 1.29 is 9.59 Å². The van der Waals surface area contributed by atoms with Crippen LogP contribution in [0.4, 0.5) is 5.69 Å². The summed E-state index contributed by atoms with van der Waals surface area (Å²) in [7, 11) is 0. The van der Waals surface area contributed by atoms with Crippen LogP contribution < -0.4 is 4.90 Å². The molecule has 2 aromatic carbocycles. The van der Waals surface area contributed by atoms with Crippen LogP contribution in [-0.2, 0) is 6.54 Å². The highest BCUT2D eigenvalue weighted by atomic mass is 32.1. The SMILES string of the molecule is CC=C(C)CN1CCN(c2cccc3c2C(=O)N(Cc2nc(-c4ccccc4)cs2)C3=O)CC1. The van der Waals surface area contributed by atoms with E-state index in [-0.39, 0.29) is 18.4 Å². The van der Waals surface area contributed by atoms with Gasteiger partial charge in [0.2, 0.25) is 0 Å². The van der Waals surface area contributed by atoms with E-state index in [1.54, 1.807) is 6.07 Å². The Morgan fingerprint density at radius 3 is 2.50 bits per heavy atom. The molecule has 0 aliphatic carbocycles. The molecule has 3 aromatic rings. The van der Waals surface area contributed by atoms with E-state index in [9.17, 15) is 9.59 Å². The Morgan fingerprint density at radius 2 is 1.76 bits per heavy atom. The topological polar surface area (TPSA) is 56.8 Å². The van der Waals surface area contributed by atoms with Crippen molar-refractivity contribution in [3.63, 3.8) is 0 Å². The highest BCUT2D eigenvalue weighted by Gasteiger charge is 2.39. The Labute approximate surface area is 204 Å². The van der Waals surface area contributed by atoms with Crippen molar-refractivity contribution in [3.8, 4) is 11.3 Å². The number of benzene rings is 2. The molecular weight excluding hydrogens is 444 g/mol. The summed E-state index contributed by atoms with van der Waals surface area (Å²) in [6, 6.07) is 15.5. The zero-order valence-corrected chi connectivity index (χ0v) is 20.3. The molecule has 1 fully saturated rings. The van der Waals surface area contributed by atoms with E-state index in [2.05, 4.69) is 34.7 Å². The second-order valence-electron chi connectivity index (χ2n) is 8.79. The summed E-state index contributed by atoms with van der Waals surface area (Å²) < 4.78 is 0. The fourth-order valence-corrected chi connectivity index (χ4v) is 5.37. The van der Waals surface area contributed by atoms with Crippen molar-refractivity contribution in [2.24, 2.45) is 0 Å². The molecule has 34 heavy (non-hydrogen) atoms. The quantitative estimate of drug-likeness (QED) is 0.385. The highest BCUT2D eigenvalue weighted by molar-refractivity contribution is 7.10. The van der Waals surface area contributed by atoms with Crippen molar-refractivity contribution in [2.45, 2.75) is 20.4 Å². The Hall–Kier alpha value is -3.29. The third kappa shape index (κ3) is 4.29. The number of allylic oxidation sites excluding steroid dienone is 1. The van der Waals surface area contributed by atoms with Crippen LogP contribution in [0.3, 0.4) is 0 Å². The Morgan fingerprint density at radius 1 is 1.00 bits per heavy atom. The van der Waals surface area contributed by atoms with Gasteiger partial charge in [0, 0.05) is 43.7 Å². The maximum absolute atomic E-state index is 13.4. The van der Waals surface area contributed by atoms with Gasteiger partial charge in [-0.15, -0.1) is 11.3 Å². The molecule has 1 aromatic heterocycles. The van der Waals surface area contributed by atoms with Gasteiger partial charge in [0.1, 0.15) is 5.01 Å². The molecule has 0 radical (unpaired) electrons. The predicted molar refractivity (Wildman–Crippen MR) is 136 cm³/mol. The number of aromatic nitrogens is 1. The minimum Gasteiger partial charge on any atom is -0.368 e. The summed E-state index contributed by atoms with van der Waals surface area (Å²) in [5.74, 6) is -0.458. The number of piperazine rings is 1. The molecule has 0 bridgehead atoms. The van der Waals surface area contributed by atoms with Gasteiger partial charge in [0.25, 0.3) is 11.8 Å². The van der Waals surface area contributed by atoms with E-state index in [0.29, 0.717) is 11.1 Å². The van der Waals surface area contributed by atoms with Crippen LogP contribution in [-0.4, -0.2) is 59.3 Å². The number of rotatable bonds is 6. The summed E-state index contributed by atoms with van der Waals surface area (Å²) >= 11 is 1.48. The number of nitrogens with zero attached hydrogens (tertiary/aromatic N) is 4. The van der Waals surface area contributed by atoms with E-state index < -0.39 is 0 Å². The van der Waals surface area contributed by atoms with Crippen LogP contribution in [0.2, 0.25) is 0 Å². The van der Waals surface area contributed by atoms with Gasteiger partial charge < -0.3 is 4.90 Å². The van der Waals surface area contributed by atoms with Crippen molar-refractivity contribution >= 4 is 28.8 Å². The Kier molecular flexibility index (Phi) is 6.30. The van der Waals surface area contributed by atoms with Crippen LogP contribution in [0.1, 0.15) is 39.6 Å². The number of anilines is 1. The molecule has 0 spiro atoms. The lowest BCUT2D eigenvalue weighted by atomic mass is 10.1.